The Morgan fingerprint density at radius 1 is 1.26 bits per heavy atom. The molecule has 0 aliphatic heterocycles. The number of alkyl halides is 1. The van der Waals surface area contributed by atoms with Crippen molar-refractivity contribution in [3.8, 4) is 11.1 Å². The van der Waals surface area contributed by atoms with Gasteiger partial charge in [0.15, 0.2) is 0 Å². The quantitative estimate of drug-likeness (QED) is 0.335. The molecular formula is C20H21Br2N3O2. The van der Waals surface area contributed by atoms with Gasteiger partial charge < -0.3 is 5.11 Å². The lowest BCUT2D eigenvalue weighted by Gasteiger charge is -2.16. The van der Waals surface area contributed by atoms with Crippen LogP contribution in [0.2, 0.25) is 0 Å². The number of hydrogen-bond donors (Lipinski definition) is 1. The second-order valence-electron chi connectivity index (χ2n) is 6.40. The van der Waals surface area contributed by atoms with E-state index in [-0.39, 0.29) is 6.42 Å². The van der Waals surface area contributed by atoms with Crippen molar-refractivity contribution < 1.29 is 9.90 Å². The number of pyridine rings is 1. The third kappa shape index (κ3) is 4.41. The van der Waals surface area contributed by atoms with Gasteiger partial charge in [0, 0.05) is 45.4 Å². The fraction of sp³-hybridized carbons (Fsp3) is 0.350. The molecule has 3 heterocycles. The lowest BCUT2D eigenvalue weighted by Crippen LogP contribution is -2.08. The fourth-order valence-corrected chi connectivity index (χ4v) is 4.17. The molecule has 0 aliphatic carbocycles. The Labute approximate surface area is 175 Å². The van der Waals surface area contributed by atoms with E-state index in [2.05, 4.69) is 62.0 Å². The Kier molecular flexibility index (Phi) is 6.65. The molecule has 0 fully saturated rings. The van der Waals surface area contributed by atoms with E-state index in [9.17, 15) is 4.79 Å². The van der Waals surface area contributed by atoms with Crippen LogP contribution >= 0.6 is 31.9 Å². The minimum absolute atomic E-state index is 0.193. The smallest absolute Gasteiger partial charge is 0.303 e. The predicted octanol–water partition coefficient (Wildman–Crippen LogP) is 5.41. The van der Waals surface area contributed by atoms with Gasteiger partial charge in [0.2, 0.25) is 0 Å². The Morgan fingerprint density at radius 2 is 2.07 bits per heavy atom. The standard InChI is InChI=1S/C20H21Br2N3O2/c1-2-15-7-8-18-20(13-9-14(22)12-23-11-13)16(5-3-4-6-19(26)27)17(10-21)24-25(15)18/h7-9,11-12H,2-6,10H2,1H3,(H,26,27). The maximum atomic E-state index is 10.8. The summed E-state index contributed by atoms with van der Waals surface area (Å²) < 4.78 is 2.95. The number of carboxylic acids is 1. The van der Waals surface area contributed by atoms with E-state index in [1.54, 1.807) is 6.20 Å². The average molecular weight is 495 g/mol. The second kappa shape index (κ2) is 8.97. The highest BCUT2D eigenvalue weighted by Crippen LogP contribution is 2.34. The molecule has 0 aliphatic rings. The zero-order chi connectivity index (χ0) is 19.4. The highest BCUT2D eigenvalue weighted by molar-refractivity contribution is 9.10. The van der Waals surface area contributed by atoms with Crippen LogP contribution in [-0.4, -0.2) is 25.7 Å². The SMILES string of the molecule is CCc1ccc2c(-c3cncc(Br)c3)c(CCCCC(=O)O)c(CBr)nn12. The first-order valence-electron chi connectivity index (χ1n) is 8.96. The number of unbranched alkanes of at least 4 members (excludes halogenated alkanes) is 1. The van der Waals surface area contributed by atoms with Crippen molar-refractivity contribution in [1.82, 2.24) is 14.6 Å². The lowest BCUT2D eigenvalue weighted by atomic mass is 9.95. The summed E-state index contributed by atoms with van der Waals surface area (Å²) in [6.07, 6.45) is 6.98. The Hall–Kier alpha value is -1.73. The van der Waals surface area contributed by atoms with Gasteiger partial charge in [0.05, 0.1) is 11.2 Å². The van der Waals surface area contributed by atoms with Crippen LogP contribution in [0.15, 0.2) is 35.1 Å². The highest BCUT2D eigenvalue weighted by Gasteiger charge is 2.18. The number of nitrogens with zero attached hydrogens (tertiary/aromatic N) is 3. The van der Waals surface area contributed by atoms with Crippen LogP contribution < -0.4 is 0 Å². The molecule has 3 aromatic heterocycles. The van der Waals surface area contributed by atoms with E-state index in [0.29, 0.717) is 11.8 Å². The van der Waals surface area contributed by atoms with E-state index in [4.69, 9.17) is 10.2 Å². The van der Waals surface area contributed by atoms with Crippen LogP contribution in [0.25, 0.3) is 16.6 Å². The van der Waals surface area contributed by atoms with Gasteiger partial charge in [0.25, 0.3) is 0 Å². The number of aliphatic carboxylic acids is 1. The van der Waals surface area contributed by atoms with E-state index in [1.165, 1.54) is 0 Å². The Balaban J connectivity index is 2.15. The number of fused-ring (bicyclic) bond motifs is 1. The molecular weight excluding hydrogens is 474 g/mol. The monoisotopic (exact) mass is 493 g/mol. The van der Waals surface area contributed by atoms with Crippen molar-refractivity contribution in [2.75, 3.05) is 0 Å². The molecule has 142 valence electrons. The van der Waals surface area contributed by atoms with E-state index in [0.717, 1.165) is 57.3 Å². The molecule has 5 nitrogen and oxygen atoms in total. The van der Waals surface area contributed by atoms with Crippen LogP contribution in [-0.2, 0) is 23.0 Å². The largest absolute Gasteiger partial charge is 0.481 e. The first-order valence-corrected chi connectivity index (χ1v) is 10.9. The van der Waals surface area contributed by atoms with Gasteiger partial charge in [-0.05, 0) is 65.4 Å². The second-order valence-corrected chi connectivity index (χ2v) is 7.88. The van der Waals surface area contributed by atoms with Gasteiger partial charge >= 0.3 is 5.97 Å². The van der Waals surface area contributed by atoms with Crippen LogP contribution in [0.5, 0.6) is 0 Å². The molecule has 0 spiro atoms. The summed E-state index contributed by atoms with van der Waals surface area (Å²) in [5.74, 6) is -0.750. The van der Waals surface area contributed by atoms with Gasteiger partial charge in [-0.2, -0.15) is 5.10 Å². The number of aryl methyl sites for hydroxylation is 1. The minimum atomic E-state index is -0.750. The first-order chi connectivity index (χ1) is 13.0. The summed E-state index contributed by atoms with van der Waals surface area (Å²) in [4.78, 5) is 15.2. The molecule has 0 atom stereocenters. The van der Waals surface area contributed by atoms with Gasteiger partial charge in [-0.25, -0.2) is 4.52 Å². The molecule has 1 N–H and O–H groups in total. The van der Waals surface area contributed by atoms with Crippen LogP contribution in [0.4, 0.5) is 0 Å². The molecule has 0 radical (unpaired) electrons. The molecule has 0 saturated carbocycles. The van der Waals surface area contributed by atoms with Crippen molar-refractivity contribution in [2.45, 2.75) is 44.4 Å². The maximum Gasteiger partial charge on any atom is 0.303 e. The third-order valence-corrected chi connectivity index (χ3v) is 5.58. The molecule has 3 rings (SSSR count). The van der Waals surface area contributed by atoms with Crippen molar-refractivity contribution in [1.29, 1.82) is 0 Å². The summed E-state index contributed by atoms with van der Waals surface area (Å²) >= 11 is 7.11. The number of aromatic nitrogens is 3. The van der Waals surface area contributed by atoms with Gasteiger partial charge in [-0.1, -0.05) is 22.9 Å². The highest BCUT2D eigenvalue weighted by atomic mass is 79.9. The number of carbonyl (C=O) groups is 1. The summed E-state index contributed by atoms with van der Waals surface area (Å²) in [6, 6.07) is 6.30. The Morgan fingerprint density at radius 3 is 2.74 bits per heavy atom. The van der Waals surface area contributed by atoms with E-state index >= 15 is 0 Å². The van der Waals surface area contributed by atoms with E-state index < -0.39 is 5.97 Å². The van der Waals surface area contributed by atoms with Crippen molar-refractivity contribution in [3.05, 3.63) is 52.0 Å². The summed E-state index contributed by atoms with van der Waals surface area (Å²) in [6.45, 7) is 2.12. The number of hydrogen-bond acceptors (Lipinski definition) is 3. The molecule has 3 aromatic rings. The van der Waals surface area contributed by atoms with Gasteiger partial charge in [-0.3, -0.25) is 9.78 Å². The lowest BCUT2D eigenvalue weighted by molar-refractivity contribution is -0.137. The third-order valence-electron chi connectivity index (χ3n) is 4.61. The molecule has 0 aromatic carbocycles. The number of carboxylic acid groups (broad SMARTS) is 1. The molecule has 0 amide bonds. The van der Waals surface area contributed by atoms with Gasteiger partial charge in [-0.15, -0.1) is 0 Å². The van der Waals surface area contributed by atoms with Crippen molar-refractivity contribution >= 4 is 43.3 Å². The molecule has 0 saturated heterocycles. The fourth-order valence-electron chi connectivity index (χ4n) is 3.35. The first kappa shape index (κ1) is 20.0. The molecule has 27 heavy (non-hydrogen) atoms. The van der Waals surface area contributed by atoms with Gasteiger partial charge in [0.1, 0.15) is 0 Å². The summed E-state index contributed by atoms with van der Waals surface area (Å²) in [5.41, 5.74) is 6.53. The number of rotatable bonds is 8. The van der Waals surface area contributed by atoms with Crippen LogP contribution in [0.1, 0.15) is 43.1 Å². The zero-order valence-electron chi connectivity index (χ0n) is 15.1. The zero-order valence-corrected chi connectivity index (χ0v) is 18.3. The summed E-state index contributed by atoms with van der Waals surface area (Å²) in [7, 11) is 0. The molecule has 7 heteroatoms. The minimum Gasteiger partial charge on any atom is -0.481 e. The predicted molar refractivity (Wildman–Crippen MR) is 113 cm³/mol. The topological polar surface area (TPSA) is 67.5 Å². The maximum absolute atomic E-state index is 10.8. The summed E-state index contributed by atoms with van der Waals surface area (Å²) in [5, 5.41) is 14.4. The Bertz CT molecular complexity index is 969. The van der Waals surface area contributed by atoms with Crippen LogP contribution in [0, 0.1) is 0 Å². The molecule has 0 bridgehead atoms. The number of halogens is 2. The molecule has 0 unspecified atom stereocenters. The van der Waals surface area contributed by atoms with Crippen molar-refractivity contribution in [2.24, 2.45) is 0 Å². The van der Waals surface area contributed by atoms with Crippen LogP contribution in [0.3, 0.4) is 0 Å². The average Bonchev–Trinajstić information content (AvgIpc) is 3.06. The normalized spacial score (nSPS) is 11.2. The van der Waals surface area contributed by atoms with Crippen molar-refractivity contribution in [3.63, 3.8) is 0 Å². The van der Waals surface area contributed by atoms with E-state index in [1.807, 2.05) is 10.7 Å².